The molecule has 0 aliphatic carbocycles. The minimum atomic E-state index is -0.787. The predicted octanol–water partition coefficient (Wildman–Crippen LogP) is 5.04. The molecular formula is C16H10ClF2NO. The first-order chi connectivity index (χ1) is 10.2. The second-order valence-corrected chi connectivity index (χ2v) is 4.72. The number of aromatic nitrogens is 1. The largest absolute Gasteiger partial charge is 0.436 e. The van der Waals surface area contributed by atoms with Gasteiger partial charge in [0.1, 0.15) is 5.82 Å². The molecule has 0 aliphatic heterocycles. The Morgan fingerprint density at radius 1 is 1.05 bits per heavy atom. The van der Waals surface area contributed by atoms with E-state index in [1.165, 1.54) is 6.07 Å². The number of ether oxygens (including phenoxy) is 1. The summed E-state index contributed by atoms with van der Waals surface area (Å²) >= 11 is 5.89. The molecular weight excluding hydrogens is 296 g/mol. The average molecular weight is 306 g/mol. The fraction of sp³-hybridized carbons (Fsp3) is 0.0625. The van der Waals surface area contributed by atoms with Gasteiger partial charge in [-0.2, -0.15) is 0 Å². The number of alkyl halides is 1. The van der Waals surface area contributed by atoms with Gasteiger partial charge in [0.05, 0.1) is 11.4 Å². The van der Waals surface area contributed by atoms with Crippen molar-refractivity contribution in [2.45, 2.75) is 5.88 Å². The van der Waals surface area contributed by atoms with E-state index < -0.39 is 11.6 Å². The summed E-state index contributed by atoms with van der Waals surface area (Å²) in [5.41, 5.74) is 1.35. The topological polar surface area (TPSA) is 22.1 Å². The highest BCUT2D eigenvalue weighted by atomic mass is 35.5. The summed E-state index contributed by atoms with van der Waals surface area (Å²) in [7, 11) is 0. The maximum Gasteiger partial charge on any atom is 0.224 e. The number of pyridine rings is 1. The van der Waals surface area contributed by atoms with Gasteiger partial charge in [-0.05, 0) is 24.3 Å². The normalized spacial score (nSPS) is 10.8. The molecule has 0 aliphatic rings. The van der Waals surface area contributed by atoms with Gasteiger partial charge in [0.15, 0.2) is 11.6 Å². The number of fused-ring (bicyclic) bond motifs is 1. The number of nitrogens with zero attached hydrogens (tertiary/aromatic N) is 1. The van der Waals surface area contributed by atoms with E-state index in [2.05, 4.69) is 4.98 Å². The Morgan fingerprint density at radius 2 is 1.86 bits per heavy atom. The van der Waals surface area contributed by atoms with E-state index in [0.717, 1.165) is 17.5 Å². The van der Waals surface area contributed by atoms with Crippen LogP contribution in [0, 0.1) is 11.6 Å². The first-order valence-electron chi connectivity index (χ1n) is 6.25. The van der Waals surface area contributed by atoms with E-state index in [4.69, 9.17) is 16.3 Å². The number of para-hydroxylation sites is 1. The Bertz CT molecular complexity index is 807. The van der Waals surface area contributed by atoms with Gasteiger partial charge in [-0.1, -0.05) is 18.2 Å². The molecule has 0 fully saturated rings. The molecule has 0 spiro atoms. The van der Waals surface area contributed by atoms with Crippen molar-refractivity contribution >= 4 is 22.5 Å². The Labute approximate surface area is 125 Å². The van der Waals surface area contributed by atoms with E-state index in [1.54, 1.807) is 0 Å². The number of rotatable bonds is 3. The van der Waals surface area contributed by atoms with Gasteiger partial charge >= 0.3 is 0 Å². The monoisotopic (exact) mass is 305 g/mol. The van der Waals surface area contributed by atoms with Gasteiger partial charge in [0, 0.05) is 17.0 Å². The first-order valence-corrected chi connectivity index (χ1v) is 6.78. The molecule has 0 saturated carbocycles. The summed E-state index contributed by atoms with van der Waals surface area (Å²) in [5.74, 6) is -1.15. The lowest BCUT2D eigenvalue weighted by atomic mass is 10.1. The summed E-state index contributed by atoms with van der Waals surface area (Å²) in [6.07, 6.45) is 0. The van der Waals surface area contributed by atoms with Crippen LogP contribution in [0.3, 0.4) is 0 Å². The van der Waals surface area contributed by atoms with Gasteiger partial charge < -0.3 is 4.74 Å². The summed E-state index contributed by atoms with van der Waals surface area (Å²) in [6, 6.07) is 12.4. The third-order valence-electron chi connectivity index (χ3n) is 3.01. The molecule has 0 N–H and O–H groups in total. The Morgan fingerprint density at radius 3 is 2.62 bits per heavy atom. The molecule has 0 radical (unpaired) electrons. The number of benzene rings is 2. The molecule has 0 atom stereocenters. The van der Waals surface area contributed by atoms with Crippen molar-refractivity contribution in [3.63, 3.8) is 0 Å². The van der Waals surface area contributed by atoms with Gasteiger partial charge in [-0.3, -0.25) is 0 Å². The quantitative estimate of drug-likeness (QED) is 0.632. The van der Waals surface area contributed by atoms with E-state index in [9.17, 15) is 8.78 Å². The lowest BCUT2D eigenvalue weighted by Gasteiger charge is -2.10. The molecule has 2 aromatic carbocycles. The molecule has 1 heterocycles. The van der Waals surface area contributed by atoms with Crippen LogP contribution in [0.4, 0.5) is 8.78 Å². The van der Waals surface area contributed by atoms with E-state index >= 15 is 0 Å². The second-order valence-electron chi connectivity index (χ2n) is 4.46. The van der Waals surface area contributed by atoms with Crippen molar-refractivity contribution in [3.8, 4) is 11.6 Å². The number of hydrogen-bond acceptors (Lipinski definition) is 2. The highest BCUT2D eigenvalue weighted by Gasteiger charge is 2.12. The van der Waals surface area contributed by atoms with Crippen molar-refractivity contribution in [1.82, 2.24) is 4.98 Å². The zero-order valence-electron chi connectivity index (χ0n) is 10.8. The SMILES string of the molecule is Fc1ccc(Oc2nc3ccccc3cc2CCl)c(F)c1. The molecule has 5 heteroatoms. The van der Waals surface area contributed by atoms with Crippen LogP contribution in [0.1, 0.15) is 5.56 Å². The van der Waals surface area contributed by atoms with Crippen LogP contribution in [0.25, 0.3) is 10.9 Å². The van der Waals surface area contributed by atoms with Crippen LogP contribution < -0.4 is 4.74 Å². The highest BCUT2D eigenvalue weighted by Crippen LogP contribution is 2.29. The number of hydrogen-bond donors (Lipinski definition) is 0. The first kappa shape index (κ1) is 13.8. The van der Waals surface area contributed by atoms with Gasteiger partial charge in [-0.25, -0.2) is 13.8 Å². The van der Waals surface area contributed by atoms with E-state index in [-0.39, 0.29) is 17.5 Å². The van der Waals surface area contributed by atoms with Crippen molar-refractivity contribution in [2.24, 2.45) is 0 Å². The molecule has 106 valence electrons. The fourth-order valence-electron chi connectivity index (χ4n) is 1.99. The average Bonchev–Trinajstić information content (AvgIpc) is 2.49. The molecule has 3 aromatic rings. The van der Waals surface area contributed by atoms with Crippen LogP contribution in [0.15, 0.2) is 48.5 Å². The molecule has 0 saturated heterocycles. The minimum absolute atomic E-state index is 0.0921. The van der Waals surface area contributed by atoms with Crippen molar-refractivity contribution in [1.29, 1.82) is 0 Å². The Kier molecular flexibility index (Phi) is 3.71. The molecule has 3 rings (SSSR count). The summed E-state index contributed by atoms with van der Waals surface area (Å²) in [4.78, 5) is 4.34. The lowest BCUT2D eigenvalue weighted by molar-refractivity contribution is 0.422. The summed E-state index contributed by atoms with van der Waals surface area (Å²) in [6.45, 7) is 0. The van der Waals surface area contributed by atoms with Crippen molar-refractivity contribution in [3.05, 3.63) is 65.7 Å². The summed E-state index contributed by atoms with van der Waals surface area (Å²) < 4.78 is 32.0. The summed E-state index contributed by atoms with van der Waals surface area (Å²) in [5, 5.41) is 0.917. The van der Waals surface area contributed by atoms with Gasteiger partial charge in [-0.15, -0.1) is 11.6 Å². The van der Waals surface area contributed by atoms with Gasteiger partial charge in [0.2, 0.25) is 5.88 Å². The third-order valence-corrected chi connectivity index (χ3v) is 3.30. The highest BCUT2D eigenvalue weighted by molar-refractivity contribution is 6.17. The zero-order valence-corrected chi connectivity index (χ0v) is 11.6. The molecule has 2 nitrogen and oxygen atoms in total. The fourth-order valence-corrected chi connectivity index (χ4v) is 2.18. The second kappa shape index (κ2) is 5.66. The van der Waals surface area contributed by atoms with E-state index in [0.29, 0.717) is 11.1 Å². The minimum Gasteiger partial charge on any atom is -0.436 e. The maximum atomic E-state index is 13.7. The Hall–Kier alpha value is -2.20. The molecule has 21 heavy (non-hydrogen) atoms. The number of halogens is 3. The standard InChI is InChI=1S/C16H10ClF2NO/c17-9-11-7-10-3-1-2-4-14(10)20-16(11)21-15-6-5-12(18)8-13(15)19/h1-8H,9H2. The maximum absolute atomic E-state index is 13.7. The van der Waals surface area contributed by atoms with Crippen LogP contribution in [0.2, 0.25) is 0 Å². The molecule has 0 unspecified atom stereocenters. The van der Waals surface area contributed by atoms with E-state index in [1.807, 2.05) is 30.3 Å². The zero-order chi connectivity index (χ0) is 14.8. The predicted molar refractivity (Wildman–Crippen MR) is 77.7 cm³/mol. The third kappa shape index (κ3) is 2.81. The van der Waals surface area contributed by atoms with Crippen molar-refractivity contribution in [2.75, 3.05) is 0 Å². The van der Waals surface area contributed by atoms with Crippen LogP contribution in [-0.2, 0) is 5.88 Å². The van der Waals surface area contributed by atoms with Crippen molar-refractivity contribution < 1.29 is 13.5 Å². The van der Waals surface area contributed by atoms with Crippen LogP contribution in [0.5, 0.6) is 11.6 Å². The van der Waals surface area contributed by atoms with Gasteiger partial charge in [0.25, 0.3) is 0 Å². The molecule has 0 amide bonds. The smallest absolute Gasteiger partial charge is 0.224 e. The Balaban J connectivity index is 2.06. The van der Waals surface area contributed by atoms with Crippen LogP contribution >= 0.6 is 11.6 Å². The van der Waals surface area contributed by atoms with Crippen LogP contribution in [-0.4, -0.2) is 4.98 Å². The molecule has 1 aromatic heterocycles. The lowest BCUT2D eigenvalue weighted by Crippen LogP contribution is -1.96. The molecule has 0 bridgehead atoms.